The molecule has 0 radical (unpaired) electrons. The van der Waals surface area contributed by atoms with Gasteiger partial charge in [0.05, 0.1) is 0 Å². The number of carbonyl (C=O) groups is 1. The van der Waals surface area contributed by atoms with Crippen LogP contribution >= 0.6 is 0 Å². The molecule has 3 fully saturated rings. The lowest BCUT2D eigenvalue weighted by Crippen LogP contribution is -2.50. The summed E-state index contributed by atoms with van der Waals surface area (Å²) < 4.78 is 0. The summed E-state index contributed by atoms with van der Waals surface area (Å²) in [6, 6.07) is 2.01. The van der Waals surface area contributed by atoms with E-state index in [1.807, 2.05) is 12.3 Å². The number of hydrogen-bond acceptors (Lipinski definition) is 5. The van der Waals surface area contributed by atoms with Crippen LogP contribution in [0.2, 0.25) is 0 Å². The van der Waals surface area contributed by atoms with E-state index in [1.54, 1.807) is 0 Å². The van der Waals surface area contributed by atoms with Crippen molar-refractivity contribution in [3.8, 4) is 0 Å². The van der Waals surface area contributed by atoms with E-state index in [0.29, 0.717) is 5.91 Å². The molecule has 24 heavy (non-hydrogen) atoms. The lowest BCUT2D eigenvalue weighted by atomic mass is 10.1. The normalized spacial score (nSPS) is 22.4. The average molecular weight is 329 g/mol. The van der Waals surface area contributed by atoms with Gasteiger partial charge in [-0.3, -0.25) is 4.79 Å². The minimum absolute atomic E-state index is 0.284. The highest BCUT2D eigenvalue weighted by atomic mass is 16.2. The highest BCUT2D eigenvalue weighted by Gasteiger charge is 2.30. The van der Waals surface area contributed by atoms with Crippen LogP contribution in [0.15, 0.2) is 12.3 Å². The number of carbonyl (C=O) groups excluding carboxylic acids is 1. The van der Waals surface area contributed by atoms with Gasteiger partial charge in [0.25, 0.3) is 0 Å². The van der Waals surface area contributed by atoms with Gasteiger partial charge in [-0.1, -0.05) is 12.8 Å². The topological polar surface area (TPSA) is 52.6 Å². The molecule has 2 aliphatic heterocycles. The molecule has 0 aromatic carbocycles. The van der Waals surface area contributed by atoms with Crippen molar-refractivity contribution in [1.82, 2.24) is 14.9 Å². The summed E-state index contributed by atoms with van der Waals surface area (Å²) in [7, 11) is 0. The van der Waals surface area contributed by atoms with Crippen molar-refractivity contribution >= 4 is 17.7 Å². The minimum Gasteiger partial charge on any atom is -0.356 e. The molecular formula is C18H27N5O. The van der Waals surface area contributed by atoms with Crippen molar-refractivity contribution in [2.75, 3.05) is 49.1 Å². The molecule has 130 valence electrons. The Morgan fingerprint density at radius 3 is 2.33 bits per heavy atom. The fourth-order valence-electron chi connectivity index (χ4n) is 4.17. The second-order valence-corrected chi connectivity index (χ2v) is 7.20. The Kier molecular flexibility index (Phi) is 4.54. The van der Waals surface area contributed by atoms with E-state index in [9.17, 15) is 4.79 Å². The fraction of sp³-hybridized carbons (Fsp3) is 0.722. The minimum atomic E-state index is 0.284. The van der Waals surface area contributed by atoms with Crippen molar-refractivity contribution in [3.05, 3.63) is 12.3 Å². The second-order valence-electron chi connectivity index (χ2n) is 7.20. The van der Waals surface area contributed by atoms with Gasteiger partial charge in [-0.15, -0.1) is 0 Å². The summed E-state index contributed by atoms with van der Waals surface area (Å²) in [6.07, 6.45) is 8.97. The summed E-state index contributed by atoms with van der Waals surface area (Å²) in [5.41, 5.74) is 0. The Hall–Kier alpha value is -1.85. The quantitative estimate of drug-likeness (QED) is 0.848. The molecule has 1 aromatic heterocycles. The third kappa shape index (κ3) is 3.19. The molecule has 6 nitrogen and oxygen atoms in total. The van der Waals surface area contributed by atoms with Crippen molar-refractivity contribution in [2.45, 2.75) is 38.5 Å². The zero-order valence-electron chi connectivity index (χ0n) is 14.4. The lowest BCUT2D eigenvalue weighted by molar-refractivity contribution is -0.135. The molecule has 0 bridgehead atoms. The average Bonchev–Trinajstić information content (AvgIpc) is 3.35. The van der Waals surface area contributed by atoms with Gasteiger partial charge < -0.3 is 14.7 Å². The predicted molar refractivity (Wildman–Crippen MR) is 94.2 cm³/mol. The third-order valence-electron chi connectivity index (χ3n) is 5.64. The van der Waals surface area contributed by atoms with E-state index in [4.69, 9.17) is 4.98 Å². The van der Waals surface area contributed by atoms with Crippen molar-refractivity contribution in [3.63, 3.8) is 0 Å². The molecule has 2 saturated heterocycles. The van der Waals surface area contributed by atoms with E-state index in [1.165, 1.54) is 25.7 Å². The molecule has 1 amide bonds. The molecule has 3 aliphatic rings. The van der Waals surface area contributed by atoms with Crippen LogP contribution in [0.3, 0.4) is 0 Å². The lowest BCUT2D eigenvalue weighted by Gasteiger charge is -2.36. The third-order valence-corrected chi connectivity index (χ3v) is 5.64. The van der Waals surface area contributed by atoms with E-state index in [2.05, 4.69) is 19.7 Å². The summed E-state index contributed by atoms with van der Waals surface area (Å²) in [5.74, 6) is 2.51. The van der Waals surface area contributed by atoms with Gasteiger partial charge in [-0.25, -0.2) is 4.98 Å². The van der Waals surface area contributed by atoms with E-state index >= 15 is 0 Å². The number of piperazine rings is 1. The maximum absolute atomic E-state index is 12.5. The van der Waals surface area contributed by atoms with Gasteiger partial charge in [0.15, 0.2) is 0 Å². The van der Waals surface area contributed by atoms with Gasteiger partial charge >= 0.3 is 0 Å². The van der Waals surface area contributed by atoms with Gasteiger partial charge in [-0.05, 0) is 31.7 Å². The standard InChI is InChI=1S/C18H27N5O/c24-17(15-5-1-2-6-15)22-11-13-23(14-12-22)18-19-8-7-16(20-18)21-9-3-4-10-21/h7-8,15H,1-6,9-14H2. The molecule has 4 rings (SSSR count). The Morgan fingerprint density at radius 1 is 0.917 bits per heavy atom. The van der Waals surface area contributed by atoms with Gasteiger partial charge in [0, 0.05) is 51.4 Å². The first-order valence-electron chi connectivity index (χ1n) is 9.43. The number of rotatable bonds is 3. The molecule has 0 N–H and O–H groups in total. The van der Waals surface area contributed by atoms with Gasteiger partial charge in [0.1, 0.15) is 5.82 Å². The monoisotopic (exact) mass is 329 g/mol. The molecule has 1 saturated carbocycles. The first-order valence-corrected chi connectivity index (χ1v) is 9.43. The molecule has 0 spiro atoms. The molecule has 6 heteroatoms. The summed E-state index contributed by atoms with van der Waals surface area (Å²) in [6.45, 7) is 5.46. The molecular weight excluding hydrogens is 302 g/mol. The summed E-state index contributed by atoms with van der Waals surface area (Å²) >= 11 is 0. The maximum Gasteiger partial charge on any atom is 0.227 e. The molecule has 0 atom stereocenters. The maximum atomic E-state index is 12.5. The SMILES string of the molecule is O=C(C1CCCC1)N1CCN(c2nccc(N3CCCC3)n2)CC1. The number of hydrogen-bond donors (Lipinski definition) is 0. The Morgan fingerprint density at radius 2 is 1.62 bits per heavy atom. The first kappa shape index (κ1) is 15.7. The smallest absolute Gasteiger partial charge is 0.227 e. The van der Waals surface area contributed by atoms with Crippen LogP contribution in [0.25, 0.3) is 0 Å². The summed E-state index contributed by atoms with van der Waals surface area (Å²) in [4.78, 5) is 28.4. The number of anilines is 2. The number of nitrogens with zero attached hydrogens (tertiary/aromatic N) is 5. The van der Waals surface area contributed by atoms with Crippen LogP contribution in [0.1, 0.15) is 38.5 Å². The van der Waals surface area contributed by atoms with Crippen LogP contribution < -0.4 is 9.80 Å². The second kappa shape index (κ2) is 6.95. The Labute approximate surface area is 143 Å². The Bertz CT molecular complexity index is 573. The van der Waals surface area contributed by atoms with Gasteiger partial charge in [-0.2, -0.15) is 4.98 Å². The van der Waals surface area contributed by atoms with Crippen LogP contribution in [-0.2, 0) is 4.79 Å². The predicted octanol–water partition coefficient (Wildman–Crippen LogP) is 1.92. The van der Waals surface area contributed by atoms with Gasteiger partial charge in [0.2, 0.25) is 11.9 Å². The largest absolute Gasteiger partial charge is 0.356 e. The fourth-order valence-corrected chi connectivity index (χ4v) is 4.17. The van der Waals surface area contributed by atoms with Crippen molar-refractivity contribution in [1.29, 1.82) is 0 Å². The summed E-state index contributed by atoms with van der Waals surface area (Å²) in [5, 5.41) is 0. The van der Waals surface area contributed by atoms with E-state index < -0.39 is 0 Å². The van der Waals surface area contributed by atoms with Crippen LogP contribution in [-0.4, -0.2) is 60.0 Å². The first-order chi connectivity index (χ1) is 11.8. The Balaban J connectivity index is 1.37. The molecule has 0 unspecified atom stereocenters. The van der Waals surface area contributed by atoms with Crippen LogP contribution in [0.5, 0.6) is 0 Å². The van der Waals surface area contributed by atoms with Crippen LogP contribution in [0.4, 0.5) is 11.8 Å². The van der Waals surface area contributed by atoms with Crippen molar-refractivity contribution < 1.29 is 4.79 Å². The molecule has 3 heterocycles. The number of aromatic nitrogens is 2. The molecule has 1 aliphatic carbocycles. The molecule has 1 aromatic rings. The van der Waals surface area contributed by atoms with Crippen LogP contribution in [0, 0.1) is 5.92 Å². The highest BCUT2D eigenvalue weighted by Crippen LogP contribution is 2.27. The zero-order valence-corrected chi connectivity index (χ0v) is 14.4. The highest BCUT2D eigenvalue weighted by molar-refractivity contribution is 5.79. The van der Waals surface area contributed by atoms with Crippen molar-refractivity contribution in [2.24, 2.45) is 5.92 Å². The zero-order chi connectivity index (χ0) is 16.4. The van der Waals surface area contributed by atoms with E-state index in [0.717, 1.165) is 63.9 Å². The number of amides is 1. The van der Waals surface area contributed by atoms with E-state index in [-0.39, 0.29) is 5.92 Å².